The number of hydrogen-bond donors (Lipinski definition) is 0. The summed E-state index contributed by atoms with van der Waals surface area (Å²) < 4.78 is 8.33. The Morgan fingerprint density at radius 1 is 0.667 bits per heavy atom. The predicted molar refractivity (Wildman–Crippen MR) is 100 cm³/mol. The van der Waals surface area contributed by atoms with Gasteiger partial charge in [-0.05, 0) is 69.4 Å². The van der Waals surface area contributed by atoms with Gasteiger partial charge in [0, 0.05) is 27.3 Å². The van der Waals surface area contributed by atoms with Crippen molar-refractivity contribution in [1.82, 2.24) is 0 Å². The lowest BCUT2D eigenvalue weighted by molar-refractivity contribution is 1.77. The van der Waals surface area contributed by atoms with Gasteiger partial charge in [-0.3, -0.25) is 0 Å². The molecule has 0 radical (unpaired) electrons. The van der Waals surface area contributed by atoms with Crippen LogP contribution in [0.25, 0.3) is 29.6 Å². The molecule has 0 N–H and O–H groups in total. The van der Waals surface area contributed by atoms with Crippen LogP contribution >= 0.6 is 67.9 Å². The number of benzene rings is 2. The zero-order valence-corrected chi connectivity index (χ0v) is 15.0. The quantitative estimate of drug-likeness (QED) is 0.247. The molecule has 18 heavy (non-hydrogen) atoms. The van der Waals surface area contributed by atoms with E-state index >= 15 is 0 Å². The smallest absolute Gasteiger partial charge is 0.0542 e. The summed E-state index contributed by atoms with van der Waals surface area (Å²) in [4.78, 5) is 0. The molecule has 88 valence electrons. The molecule has 0 nitrogen and oxygen atoms in total. The van der Waals surface area contributed by atoms with E-state index in [4.69, 9.17) is 0 Å². The zero-order chi connectivity index (χ0) is 12.3. The standard InChI is InChI=1S/C14H6I2S2/c15-7-1-3-9-11(5-7)17-14-10-4-2-8(16)6-12(10)18-13(9)14/h1-6H. The summed E-state index contributed by atoms with van der Waals surface area (Å²) in [6.07, 6.45) is 0. The van der Waals surface area contributed by atoms with Gasteiger partial charge in [-0.25, -0.2) is 0 Å². The van der Waals surface area contributed by atoms with Gasteiger partial charge < -0.3 is 0 Å². The van der Waals surface area contributed by atoms with Crippen LogP contribution in [0.2, 0.25) is 0 Å². The maximum absolute atomic E-state index is 2.38. The van der Waals surface area contributed by atoms with E-state index < -0.39 is 0 Å². The van der Waals surface area contributed by atoms with Gasteiger partial charge in [0.15, 0.2) is 0 Å². The Labute approximate surface area is 139 Å². The van der Waals surface area contributed by atoms with Crippen LogP contribution in [0.4, 0.5) is 0 Å². The molecule has 4 heteroatoms. The van der Waals surface area contributed by atoms with Crippen LogP contribution in [0.3, 0.4) is 0 Å². The molecule has 0 atom stereocenters. The average molecular weight is 492 g/mol. The molecule has 0 saturated carbocycles. The van der Waals surface area contributed by atoms with Crippen LogP contribution in [-0.4, -0.2) is 0 Å². The van der Waals surface area contributed by atoms with Gasteiger partial charge in [0.1, 0.15) is 0 Å². The Bertz CT molecular complexity index is 826. The fourth-order valence-electron chi connectivity index (χ4n) is 2.20. The van der Waals surface area contributed by atoms with Crippen LogP contribution in [-0.2, 0) is 0 Å². The van der Waals surface area contributed by atoms with Gasteiger partial charge in [0.25, 0.3) is 0 Å². The van der Waals surface area contributed by atoms with Crippen LogP contribution in [0.5, 0.6) is 0 Å². The molecule has 2 aromatic heterocycles. The summed E-state index contributed by atoms with van der Waals surface area (Å²) in [7, 11) is 0. The molecule has 0 fully saturated rings. The third-order valence-electron chi connectivity index (χ3n) is 3.01. The lowest BCUT2D eigenvalue weighted by atomic mass is 10.2. The molecule has 0 saturated heterocycles. The molecule has 0 amide bonds. The van der Waals surface area contributed by atoms with Crippen molar-refractivity contribution >= 4 is 97.4 Å². The lowest BCUT2D eigenvalue weighted by Crippen LogP contribution is -1.67. The van der Waals surface area contributed by atoms with Gasteiger partial charge in [-0.1, -0.05) is 12.1 Å². The van der Waals surface area contributed by atoms with E-state index in [9.17, 15) is 0 Å². The van der Waals surface area contributed by atoms with Gasteiger partial charge >= 0.3 is 0 Å². The molecule has 0 aliphatic carbocycles. The van der Waals surface area contributed by atoms with Crippen LogP contribution < -0.4 is 0 Å². The third-order valence-corrected chi connectivity index (χ3v) is 6.85. The first-order chi connectivity index (χ1) is 8.72. The summed E-state index contributed by atoms with van der Waals surface area (Å²) in [5.74, 6) is 0. The van der Waals surface area contributed by atoms with Gasteiger partial charge in [0.05, 0.1) is 9.40 Å². The summed E-state index contributed by atoms with van der Waals surface area (Å²) >= 11 is 8.61. The van der Waals surface area contributed by atoms with E-state index in [0.717, 1.165) is 0 Å². The molecule has 2 heterocycles. The molecule has 4 aromatic rings. The zero-order valence-electron chi connectivity index (χ0n) is 9.04. The minimum Gasteiger partial charge on any atom is -0.134 e. The monoisotopic (exact) mass is 492 g/mol. The van der Waals surface area contributed by atoms with E-state index in [2.05, 4.69) is 81.6 Å². The highest BCUT2D eigenvalue weighted by Gasteiger charge is 2.12. The highest BCUT2D eigenvalue weighted by Crippen LogP contribution is 2.44. The Morgan fingerprint density at radius 3 is 1.56 bits per heavy atom. The summed E-state index contributed by atoms with van der Waals surface area (Å²) in [6.45, 7) is 0. The number of halogens is 2. The Kier molecular flexibility index (Phi) is 2.83. The number of rotatable bonds is 0. The van der Waals surface area contributed by atoms with Crippen molar-refractivity contribution < 1.29 is 0 Å². The number of hydrogen-bond acceptors (Lipinski definition) is 2. The second-order valence-electron chi connectivity index (χ2n) is 4.14. The van der Waals surface area contributed by atoms with Gasteiger partial charge in [-0.2, -0.15) is 0 Å². The second kappa shape index (κ2) is 4.29. The SMILES string of the molecule is Ic1ccc2c(c1)sc1c3ccc(I)cc3sc21. The van der Waals surface area contributed by atoms with Crippen LogP contribution in [0.15, 0.2) is 36.4 Å². The fourth-order valence-corrected chi connectivity index (χ4v) is 6.34. The van der Waals surface area contributed by atoms with Crippen molar-refractivity contribution in [2.75, 3.05) is 0 Å². The van der Waals surface area contributed by atoms with Crippen LogP contribution in [0.1, 0.15) is 0 Å². The highest BCUT2D eigenvalue weighted by atomic mass is 127. The van der Waals surface area contributed by atoms with Crippen molar-refractivity contribution in [1.29, 1.82) is 0 Å². The molecule has 0 spiro atoms. The molecule has 0 aliphatic heterocycles. The highest BCUT2D eigenvalue weighted by molar-refractivity contribution is 14.1. The normalized spacial score (nSPS) is 11.9. The largest absolute Gasteiger partial charge is 0.134 e. The van der Waals surface area contributed by atoms with Crippen LogP contribution in [0, 0.1) is 7.14 Å². The molecular formula is C14H6I2S2. The first-order valence-electron chi connectivity index (χ1n) is 5.42. The van der Waals surface area contributed by atoms with Crippen molar-refractivity contribution in [2.24, 2.45) is 0 Å². The fraction of sp³-hybridized carbons (Fsp3) is 0. The maximum atomic E-state index is 2.38. The van der Waals surface area contributed by atoms with Gasteiger partial charge in [0.2, 0.25) is 0 Å². The maximum Gasteiger partial charge on any atom is 0.0542 e. The number of fused-ring (bicyclic) bond motifs is 5. The topological polar surface area (TPSA) is 0 Å². The summed E-state index contributed by atoms with van der Waals surface area (Å²) in [5.41, 5.74) is 0. The molecule has 2 aromatic carbocycles. The van der Waals surface area contributed by atoms with Crippen molar-refractivity contribution in [3.05, 3.63) is 43.5 Å². The minimum absolute atomic E-state index is 1.31. The van der Waals surface area contributed by atoms with E-state index in [-0.39, 0.29) is 0 Å². The molecule has 0 aliphatic rings. The van der Waals surface area contributed by atoms with Crippen molar-refractivity contribution in [3.8, 4) is 0 Å². The minimum atomic E-state index is 1.31. The summed E-state index contributed by atoms with van der Waals surface area (Å²) in [5, 5.41) is 2.82. The Balaban J connectivity index is 2.23. The van der Waals surface area contributed by atoms with Crippen molar-refractivity contribution in [3.63, 3.8) is 0 Å². The van der Waals surface area contributed by atoms with E-state index in [1.807, 2.05) is 22.7 Å². The first kappa shape index (κ1) is 11.9. The Hall–Kier alpha value is 0.0800. The van der Waals surface area contributed by atoms with Gasteiger partial charge in [-0.15, -0.1) is 22.7 Å². The first-order valence-corrected chi connectivity index (χ1v) is 9.21. The van der Waals surface area contributed by atoms with E-state index in [1.165, 1.54) is 36.7 Å². The average Bonchev–Trinajstić information content (AvgIpc) is 2.83. The van der Waals surface area contributed by atoms with E-state index in [0.29, 0.717) is 0 Å². The van der Waals surface area contributed by atoms with E-state index in [1.54, 1.807) is 0 Å². The molecular weight excluding hydrogens is 486 g/mol. The third kappa shape index (κ3) is 1.72. The summed E-state index contributed by atoms with van der Waals surface area (Å²) in [6, 6.07) is 13.5. The van der Waals surface area contributed by atoms with Crippen molar-refractivity contribution in [2.45, 2.75) is 0 Å². The molecule has 4 rings (SSSR count). The Morgan fingerprint density at radius 2 is 1.11 bits per heavy atom. The predicted octanol–water partition coefficient (Wildman–Crippen LogP) is 6.48. The molecule has 0 unspecified atom stereocenters. The lowest BCUT2D eigenvalue weighted by Gasteiger charge is -1.92. The second-order valence-corrected chi connectivity index (χ2v) is 8.74. The number of thiophene rings is 2. The molecule has 0 bridgehead atoms.